The summed E-state index contributed by atoms with van der Waals surface area (Å²) in [5, 5.41) is 3.70. The molecule has 0 aliphatic heterocycles. The van der Waals surface area contributed by atoms with E-state index in [0.29, 0.717) is 11.4 Å². The Balaban J connectivity index is 2.03. The number of nitrogens with zero attached hydrogens (tertiary/aromatic N) is 2. The lowest BCUT2D eigenvalue weighted by molar-refractivity contribution is 0.0953. The zero-order valence-corrected chi connectivity index (χ0v) is 10.7. The van der Waals surface area contributed by atoms with Crippen molar-refractivity contribution in [3.8, 4) is 0 Å². The summed E-state index contributed by atoms with van der Waals surface area (Å²) in [6.07, 6.45) is 1.37. The van der Waals surface area contributed by atoms with Gasteiger partial charge in [0.2, 0.25) is 0 Å². The van der Waals surface area contributed by atoms with E-state index in [1.54, 1.807) is 0 Å². The summed E-state index contributed by atoms with van der Waals surface area (Å²) in [7, 11) is 0. The lowest BCUT2D eigenvalue weighted by Gasteiger charge is -2.01. The highest BCUT2D eigenvalue weighted by Gasteiger charge is 2.14. The van der Waals surface area contributed by atoms with Gasteiger partial charge < -0.3 is 9.73 Å². The van der Waals surface area contributed by atoms with Crippen LogP contribution < -0.4 is 5.32 Å². The second kappa shape index (κ2) is 4.67. The molecule has 2 heterocycles. The molecule has 0 aliphatic rings. The van der Waals surface area contributed by atoms with Crippen LogP contribution in [-0.2, 0) is 6.54 Å². The van der Waals surface area contributed by atoms with Gasteiger partial charge in [-0.25, -0.2) is 9.97 Å². The fraction of sp³-hybridized carbons (Fsp3) is 0.364. The maximum atomic E-state index is 11.9. The summed E-state index contributed by atoms with van der Waals surface area (Å²) < 4.78 is 5.06. The molecule has 1 amide bonds. The highest BCUT2D eigenvalue weighted by Crippen LogP contribution is 2.17. The molecule has 0 fully saturated rings. The minimum Gasteiger partial charge on any atom is -0.448 e. The largest absolute Gasteiger partial charge is 0.448 e. The van der Waals surface area contributed by atoms with Crippen LogP contribution in [0, 0.1) is 20.8 Å². The van der Waals surface area contributed by atoms with Crippen LogP contribution in [0.3, 0.4) is 0 Å². The number of nitrogens with one attached hydrogen (secondary N) is 1. The van der Waals surface area contributed by atoms with Crippen molar-refractivity contribution in [3.05, 3.63) is 33.4 Å². The van der Waals surface area contributed by atoms with Crippen molar-refractivity contribution in [2.24, 2.45) is 0 Å². The molecule has 0 saturated carbocycles. The SMILES string of the molecule is Cc1nc(C)c(C(=O)NCc2ncoc2C)s1. The molecule has 90 valence electrons. The smallest absolute Gasteiger partial charge is 0.263 e. The third-order valence-corrected chi connectivity index (χ3v) is 3.44. The van der Waals surface area contributed by atoms with Crippen LogP contribution in [0.25, 0.3) is 0 Å². The molecule has 5 nitrogen and oxygen atoms in total. The third kappa shape index (κ3) is 2.52. The molecule has 0 bridgehead atoms. The Morgan fingerprint density at radius 3 is 2.76 bits per heavy atom. The Hall–Kier alpha value is -1.69. The molecule has 0 aliphatic carbocycles. The molecular weight excluding hydrogens is 238 g/mol. The number of amides is 1. The number of aryl methyl sites for hydroxylation is 3. The molecule has 17 heavy (non-hydrogen) atoms. The number of rotatable bonds is 3. The fourth-order valence-electron chi connectivity index (χ4n) is 1.48. The first-order valence-corrected chi connectivity index (χ1v) is 6.00. The monoisotopic (exact) mass is 251 g/mol. The number of oxazole rings is 1. The van der Waals surface area contributed by atoms with Gasteiger partial charge in [-0.2, -0.15) is 0 Å². The average molecular weight is 251 g/mol. The predicted octanol–water partition coefficient (Wildman–Crippen LogP) is 1.99. The molecule has 0 unspecified atom stereocenters. The van der Waals surface area contributed by atoms with E-state index in [2.05, 4.69) is 15.3 Å². The Labute approximate surface area is 103 Å². The van der Waals surface area contributed by atoms with E-state index in [1.165, 1.54) is 17.7 Å². The van der Waals surface area contributed by atoms with Crippen LogP contribution in [-0.4, -0.2) is 15.9 Å². The summed E-state index contributed by atoms with van der Waals surface area (Å²) in [5.74, 6) is 0.609. The Morgan fingerprint density at radius 1 is 1.47 bits per heavy atom. The van der Waals surface area contributed by atoms with Gasteiger partial charge in [0.05, 0.1) is 17.2 Å². The van der Waals surface area contributed by atoms with Crippen molar-refractivity contribution in [3.63, 3.8) is 0 Å². The highest BCUT2D eigenvalue weighted by atomic mass is 32.1. The van der Waals surface area contributed by atoms with E-state index in [1.807, 2.05) is 20.8 Å². The molecule has 0 saturated heterocycles. The summed E-state index contributed by atoms with van der Waals surface area (Å²) in [6, 6.07) is 0. The van der Waals surface area contributed by atoms with Gasteiger partial charge in [-0.1, -0.05) is 0 Å². The van der Waals surface area contributed by atoms with Crippen molar-refractivity contribution < 1.29 is 9.21 Å². The normalized spacial score (nSPS) is 10.5. The van der Waals surface area contributed by atoms with Gasteiger partial charge in [-0.05, 0) is 20.8 Å². The van der Waals surface area contributed by atoms with Crippen LogP contribution in [0.4, 0.5) is 0 Å². The molecule has 6 heteroatoms. The van der Waals surface area contributed by atoms with Crippen LogP contribution in [0.5, 0.6) is 0 Å². The maximum absolute atomic E-state index is 11.9. The van der Waals surface area contributed by atoms with Crippen LogP contribution in [0.2, 0.25) is 0 Å². The molecule has 2 aromatic heterocycles. The van der Waals surface area contributed by atoms with E-state index < -0.39 is 0 Å². The summed E-state index contributed by atoms with van der Waals surface area (Å²) >= 11 is 1.40. The van der Waals surface area contributed by atoms with E-state index in [4.69, 9.17) is 4.42 Å². The average Bonchev–Trinajstić information content (AvgIpc) is 2.81. The number of carbonyl (C=O) groups is 1. The molecular formula is C11H13N3O2S. The van der Waals surface area contributed by atoms with E-state index in [0.717, 1.165) is 22.2 Å². The Bertz CT molecular complexity index is 545. The number of aromatic nitrogens is 2. The van der Waals surface area contributed by atoms with Crippen molar-refractivity contribution in [2.45, 2.75) is 27.3 Å². The van der Waals surface area contributed by atoms with Gasteiger partial charge in [0.15, 0.2) is 6.39 Å². The molecule has 0 atom stereocenters. The zero-order chi connectivity index (χ0) is 12.4. The molecule has 0 spiro atoms. The van der Waals surface area contributed by atoms with Gasteiger partial charge in [0.25, 0.3) is 5.91 Å². The van der Waals surface area contributed by atoms with E-state index in [9.17, 15) is 4.79 Å². The number of hydrogen-bond acceptors (Lipinski definition) is 5. The highest BCUT2D eigenvalue weighted by molar-refractivity contribution is 7.13. The standard InChI is InChI=1S/C11H13N3O2S/c1-6-10(17-8(3)14-6)11(15)12-4-9-7(2)16-5-13-9/h5H,4H2,1-3H3,(H,12,15). The number of thiazole rings is 1. The van der Waals surface area contributed by atoms with Gasteiger partial charge in [0.1, 0.15) is 16.3 Å². The van der Waals surface area contributed by atoms with E-state index >= 15 is 0 Å². The summed E-state index contributed by atoms with van der Waals surface area (Å²) in [4.78, 5) is 20.8. The molecule has 0 radical (unpaired) electrons. The molecule has 0 aromatic carbocycles. The van der Waals surface area contributed by atoms with Crippen molar-refractivity contribution in [2.75, 3.05) is 0 Å². The topological polar surface area (TPSA) is 68.0 Å². The minimum atomic E-state index is -0.115. The Morgan fingerprint density at radius 2 is 2.24 bits per heavy atom. The van der Waals surface area contributed by atoms with Crippen LogP contribution in [0.1, 0.15) is 31.8 Å². The quantitative estimate of drug-likeness (QED) is 0.905. The van der Waals surface area contributed by atoms with E-state index in [-0.39, 0.29) is 5.91 Å². The first-order chi connectivity index (χ1) is 8.08. The fourth-order valence-corrected chi connectivity index (χ4v) is 2.32. The molecule has 2 aromatic rings. The molecule has 1 N–H and O–H groups in total. The first kappa shape index (κ1) is 11.8. The maximum Gasteiger partial charge on any atom is 0.263 e. The zero-order valence-electron chi connectivity index (χ0n) is 9.90. The predicted molar refractivity (Wildman–Crippen MR) is 64.0 cm³/mol. The van der Waals surface area contributed by atoms with Gasteiger partial charge in [-0.3, -0.25) is 4.79 Å². The second-order valence-electron chi connectivity index (χ2n) is 3.69. The van der Waals surface area contributed by atoms with Gasteiger partial charge in [-0.15, -0.1) is 11.3 Å². The summed E-state index contributed by atoms with van der Waals surface area (Å²) in [5.41, 5.74) is 1.51. The lowest BCUT2D eigenvalue weighted by Crippen LogP contribution is -2.23. The number of hydrogen-bond donors (Lipinski definition) is 1. The van der Waals surface area contributed by atoms with Crippen LogP contribution >= 0.6 is 11.3 Å². The molecule has 2 rings (SSSR count). The van der Waals surface area contributed by atoms with Gasteiger partial charge in [0, 0.05) is 0 Å². The van der Waals surface area contributed by atoms with Crippen molar-refractivity contribution in [1.82, 2.24) is 15.3 Å². The minimum absolute atomic E-state index is 0.115. The number of carbonyl (C=O) groups excluding carboxylic acids is 1. The third-order valence-electron chi connectivity index (χ3n) is 2.37. The van der Waals surface area contributed by atoms with Crippen LogP contribution in [0.15, 0.2) is 10.8 Å². The van der Waals surface area contributed by atoms with Crippen molar-refractivity contribution >= 4 is 17.2 Å². The first-order valence-electron chi connectivity index (χ1n) is 5.19. The summed E-state index contributed by atoms with van der Waals surface area (Å²) in [6.45, 7) is 5.91. The van der Waals surface area contributed by atoms with Crippen molar-refractivity contribution in [1.29, 1.82) is 0 Å². The second-order valence-corrected chi connectivity index (χ2v) is 4.89. The Kier molecular flexibility index (Phi) is 3.23. The van der Waals surface area contributed by atoms with Gasteiger partial charge >= 0.3 is 0 Å². The lowest BCUT2D eigenvalue weighted by atomic mass is 10.3.